The van der Waals surface area contributed by atoms with E-state index in [1.807, 2.05) is 37.3 Å². The molecule has 6 heteroatoms. The molecule has 1 unspecified atom stereocenters. The first-order chi connectivity index (χ1) is 12.0. The monoisotopic (exact) mass is 358 g/mol. The summed E-state index contributed by atoms with van der Waals surface area (Å²) in [4.78, 5) is 26.3. The lowest BCUT2D eigenvalue weighted by Gasteiger charge is -2.32. The van der Waals surface area contributed by atoms with Crippen LogP contribution in [0.3, 0.4) is 0 Å². The van der Waals surface area contributed by atoms with Crippen LogP contribution in [0, 0.1) is 6.92 Å². The number of para-hydroxylation sites is 2. The molecule has 0 fully saturated rings. The molecule has 2 aromatic rings. The van der Waals surface area contributed by atoms with Crippen LogP contribution in [0.5, 0.6) is 5.75 Å². The van der Waals surface area contributed by atoms with Gasteiger partial charge in [0.05, 0.1) is 5.69 Å². The van der Waals surface area contributed by atoms with E-state index in [-0.39, 0.29) is 24.8 Å². The average Bonchev–Trinajstić information content (AvgIpc) is 2.58. The third-order valence-corrected chi connectivity index (χ3v) is 4.34. The van der Waals surface area contributed by atoms with Crippen molar-refractivity contribution < 1.29 is 14.3 Å². The highest BCUT2D eigenvalue weighted by atomic mass is 35.5. The van der Waals surface area contributed by atoms with Crippen LogP contribution in [-0.4, -0.2) is 24.5 Å². The van der Waals surface area contributed by atoms with Crippen LogP contribution < -0.4 is 15.0 Å². The predicted octanol–water partition coefficient (Wildman–Crippen LogP) is 3.79. The fourth-order valence-electron chi connectivity index (χ4n) is 2.74. The Hall–Kier alpha value is -2.53. The third kappa shape index (κ3) is 3.77. The number of nitrogens with one attached hydrogen (secondary N) is 1. The maximum atomic E-state index is 12.4. The Labute approximate surface area is 151 Å². The Morgan fingerprint density at radius 2 is 2.04 bits per heavy atom. The van der Waals surface area contributed by atoms with Gasteiger partial charge in [-0.05, 0) is 43.7 Å². The summed E-state index contributed by atoms with van der Waals surface area (Å²) >= 11 is 5.97. The van der Waals surface area contributed by atoms with Gasteiger partial charge >= 0.3 is 0 Å². The second kappa shape index (κ2) is 7.15. The number of halogens is 1. The molecule has 1 heterocycles. The second-order valence-corrected chi connectivity index (χ2v) is 6.41. The van der Waals surface area contributed by atoms with Crippen molar-refractivity contribution in [2.24, 2.45) is 0 Å². The molecule has 130 valence electrons. The topological polar surface area (TPSA) is 58.6 Å². The highest BCUT2D eigenvalue weighted by Crippen LogP contribution is 2.33. The maximum Gasteiger partial charge on any atom is 0.267 e. The van der Waals surface area contributed by atoms with E-state index in [1.165, 1.54) is 0 Å². The van der Waals surface area contributed by atoms with E-state index >= 15 is 0 Å². The molecule has 2 amide bonds. The van der Waals surface area contributed by atoms with Gasteiger partial charge in [-0.25, -0.2) is 0 Å². The van der Waals surface area contributed by atoms with Crippen molar-refractivity contribution in [2.45, 2.75) is 26.4 Å². The minimum Gasteiger partial charge on any atom is -0.479 e. The number of hydrogen-bond donors (Lipinski definition) is 1. The molecule has 2 aromatic carbocycles. The Balaban J connectivity index is 1.69. The molecule has 1 atom stereocenters. The summed E-state index contributed by atoms with van der Waals surface area (Å²) in [6.07, 6.45) is -0.383. The van der Waals surface area contributed by atoms with E-state index in [1.54, 1.807) is 24.0 Å². The molecular weight excluding hydrogens is 340 g/mol. The van der Waals surface area contributed by atoms with Crippen molar-refractivity contribution in [3.05, 3.63) is 53.1 Å². The molecule has 3 rings (SSSR count). The Kier molecular flexibility index (Phi) is 4.95. The zero-order chi connectivity index (χ0) is 18.0. The first-order valence-electron chi connectivity index (χ1n) is 8.09. The summed E-state index contributed by atoms with van der Waals surface area (Å²) in [6, 6.07) is 12.7. The van der Waals surface area contributed by atoms with Crippen molar-refractivity contribution >= 4 is 34.8 Å². The molecule has 0 saturated heterocycles. The van der Waals surface area contributed by atoms with Crippen LogP contribution in [0.4, 0.5) is 11.4 Å². The van der Waals surface area contributed by atoms with Gasteiger partial charge < -0.3 is 15.0 Å². The van der Waals surface area contributed by atoms with Crippen LogP contribution in [-0.2, 0) is 9.59 Å². The van der Waals surface area contributed by atoms with Crippen LogP contribution in [0.1, 0.15) is 18.9 Å². The normalized spacial score (nSPS) is 16.2. The number of hydrogen-bond acceptors (Lipinski definition) is 3. The quantitative estimate of drug-likeness (QED) is 0.904. The van der Waals surface area contributed by atoms with E-state index in [9.17, 15) is 9.59 Å². The number of anilines is 2. The molecular formula is C19H19ClN2O3. The fourth-order valence-corrected chi connectivity index (χ4v) is 2.92. The van der Waals surface area contributed by atoms with E-state index in [2.05, 4.69) is 5.32 Å². The number of carbonyl (C=O) groups is 2. The van der Waals surface area contributed by atoms with Gasteiger partial charge in [0.15, 0.2) is 6.10 Å². The lowest BCUT2D eigenvalue weighted by Crippen LogP contribution is -2.45. The number of rotatable bonds is 4. The smallest absolute Gasteiger partial charge is 0.267 e. The van der Waals surface area contributed by atoms with Gasteiger partial charge in [-0.2, -0.15) is 0 Å². The molecule has 0 spiro atoms. The van der Waals surface area contributed by atoms with E-state index in [0.717, 1.165) is 5.56 Å². The van der Waals surface area contributed by atoms with Gasteiger partial charge in [-0.3, -0.25) is 9.59 Å². The maximum absolute atomic E-state index is 12.4. The SMILES string of the molecule is Cc1ccc(Cl)cc1NC(=O)CCN1C(=O)C(C)Oc2ccccc21. The van der Waals surface area contributed by atoms with Crippen LogP contribution in [0.25, 0.3) is 0 Å². The summed E-state index contributed by atoms with van der Waals surface area (Å²) < 4.78 is 5.60. The average molecular weight is 359 g/mol. The summed E-state index contributed by atoms with van der Waals surface area (Å²) in [5.41, 5.74) is 2.30. The molecule has 0 bridgehead atoms. The molecule has 0 saturated carbocycles. The zero-order valence-electron chi connectivity index (χ0n) is 14.1. The Morgan fingerprint density at radius 1 is 1.28 bits per heavy atom. The number of carbonyl (C=O) groups excluding carboxylic acids is 2. The summed E-state index contributed by atoms with van der Waals surface area (Å²) in [7, 11) is 0. The molecule has 0 aliphatic carbocycles. The van der Waals surface area contributed by atoms with Crippen molar-refractivity contribution in [1.29, 1.82) is 0 Å². The van der Waals surface area contributed by atoms with Crippen molar-refractivity contribution in [1.82, 2.24) is 0 Å². The van der Waals surface area contributed by atoms with Gasteiger partial charge in [0.25, 0.3) is 5.91 Å². The highest BCUT2D eigenvalue weighted by Gasteiger charge is 2.31. The summed E-state index contributed by atoms with van der Waals surface area (Å²) in [5, 5.41) is 3.41. The van der Waals surface area contributed by atoms with Crippen LogP contribution in [0.2, 0.25) is 5.02 Å². The first-order valence-corrected chi connectivity index (χ1v) is 8.46. The Bertz CT molecular complexity index is 822. The van der Waals surface area contributed by atoms with Gasteiger partial charge in [-0.15, -0.1) is 0 Å². The van der Waals surface area contributed by atoms with Crippen molar-refractivity contribution in [2.75, 3.05) is 16.8 Å². The van der Waals surface area contributed by atoms with Gasteiger partial charge in [0.2, 0.25) is 5.91 Å². The first kappa shape index (κ1) is 17.3. The molecule has 1 aliphatic rings. The minimum atomic E-state index is -0.562. The summed E-state index contributed by atoms with van der Waals surface area (Å²) in [6.45, 7) is 3.89. The lowest BCUT2D eigenvalue weighted by atomic mass is 10.1. The fraction of sp³-hybridized carbons (Fsp3) is 0.263. The molecule has 1 N–H and O–H groups in total. The molecule has 0 radical (unpaired) electrons. The lowest BCUT2D eigenvalue weighted by molar-refractivity contribution is -0.125. The number of nitrogens with zero attached hydrogens (tertiary/aromatic N) is 1. The number of amides is 2. The molecule has 1 aliphatic heterocycles. The Morgan fingerprint density at radius 3 is 2.84 bits per heavy atom. The number of benzene rings is 2. The van der Waals surface area contributed by atoms with Crippen molar-refractivity contribution in [3.8, 4) is 5.75 Å². The standard InChI is InChI=1S/C19H19ClN2O3/c1-12-7-8-14(20)11-15(12)21-18(23)9-10-22-16-5-3-4-6-17(16)25-13(2)19(22)24/h3-8,11,13H,9-10H2,1-2H3,(H,21,23). The number of ether oxygens (including phenoxy) is 1. The van der Waals surface area contributed by atoms with E-state index in [0.29, 0.717) is 22.1 Å². The van der Waals surface area contributed by atoms with Gasteiger partial charge in [-0.1, -0.05) is 29.8 Å². The van der Waals surface area contributed by atoms with Gasteiger partial charge in [0.1, 0.15) is 5.75 Å². The third-order valence-electron chi connectivity index (χ3n) is 4.11. The van der Waals surface area contributed by atoms with E-state index < -0.39 is 6.10 Å². The molecule has 0 aromatic heterocycles. The van der Waals surface area contributed by atoms with Crippen molar-refractivity contribution in [3.63, 3.8) is 0 Å². The number of aryl methyl sites for hydroxylation is 1. The zero-order valence-corrected chi connectivity index (χ0v) is 14.8. The van der Waals surface area contributed by atoms with Gasteiger partial charge in [0, 0.05) is 23.7 Å². The number of fused-ring (bicyclic) bond motifs is 1. The summed E-state index contributed by atoms with van der Waals surface area (Å²) in [5.74, 6) is 0.334. The highest BCUT2D eigenvalue weighted by molar-refractivity contribution is 6.31. The minimum absolute atomic E-state index is 0.148. The molecule has 5 nitrogen and oxygen atoms in total. The largest absolute Gasteiger partial charge is 0.479 e. The van der Waals surface area contributed by atoms with E-state index in [4.69, 9.17) is 16.3 Å². The van der Waals surface area contributed by atoms with Crippen LogP contribution >= 0.6 is 11.6 Å². The van der Waals surface area contributed by atoms with Crippen LogP contribution in [0.15, 0.2) is 42.5 Å². The predicted molar refractivity (Wildman–Crippen MR) is 98.3 cm³/mol. The second-order valence-electron chi connectivity index (χ2n) is 5.98. The molecule has 25 heavy (non-hydrogen) atoms.